The van der Waals surface area contributed by atoms with Crippen LogP contribution in [0.5, 0.6) is 0 Å². The van der Waals surface area contributed by atoms with Gasteiger partial charge >= 0.3 is 0 Å². The smallest absolute Gasteiger partial charge is 0.187 e. The highest BCUT2D eigenvalue weighted by Crippen LogP contribution is 2.43. The van der Waals surface area contributed by atoms with Crippen LogP contribution in [0.25, 0.3) is 89.8 Å². The molecule has 9 heteroatoms. The largest absolute Gasteiger partial charge is 0.292 e. The fourth-order valence-electron chi connectivity index (χ4n) is 21.3. The van der Waals surface area contributed by atoms with E-state index in [1.165, 1.54) is 241 Å². The summed E-state index contributed by atoms with van der Waals surface area (Å²) < 4.78 is 7.15. The molecule has 1 aliphatic rings. The predicted molar refractivity (Wildman–Crippen MR) is 566 cm³/mol. The molecule has 15 aromatic rings. The number of nitrogens with zero attached hydrogens (tertiary/aromatic N) is 9. The molecule has 0 saturated carbocycles. The number of imidazole rings is 3. The second kappa shape index (κ2) is 49.8. The molecule has 16 rings (SSSR count). The highest BCUT2D eigenvalue weighted by molar-refractivity contribution is 5.79. The molecule has 3 heterocycles. The van der Waals surface area contributed by atoms with Gasteiger partial charge in [-0.05, 0) is 307 Å². The Kier molecular flexibility index (Phi) is 35.1. The van der Waals surface area contributed by atoms with E-state index in [0.29, 0.717) is 16.8 Å². The van der Waals surface area contributed by atoms with E-state index in [1.54, 1.807) is 0 Å². The summed E-state index contributed by atoms with van der Waals surface area (Å²) >= 11 is 0. The molecule has 136 heavy (non-hydrogen) atoms. The summed E-state index contributed by atoms with van der Waals surface area (Å²) in [5, 5.41) is 20.2. The third-order valence-electron chi connectivity index (χ3n) is 28.5. The van der Waals surface area contributed by atoms with Crippen LogP contribution in [0.3, 0.4) is 0 Å². The fourth-order valence-corrected chi connectivity index (χ4v) is 21.3. The van der Waals surface area contributed by atoms with Gasteiger partial charge in [-0.25, -0.2) is 19.8 Å². The van der Waals surface area contributed by atoms with E-state index >= 15 is 0 Å². The summed E-state index contributed by atoms with van der Waals surface area (Å²) in [6.45, 7) is 14.6. The van der Waals surface area contributed by atoms with Crippen molar-refractivity contribution < 1.29 is 0 Å². The van der Waals surface area contributed by atoms with Crippen LogP contribution in [0.15, 0.2) is 292 Å². The average molecular weight is 1790 g/mol. The summed E-state index contributed by atoms with van der Waals surface area (Å²) in [5.74, 6) is 2.58. The van der Waals surface area contributed by atoms with Crippen molar-refractivity contribution in [3.05, 3.63) is 398 Å². The van der Waals surface area contributed by atoms with Crippen LogP contribution in [0.4, 0.5) is 5.69 Å². The predicted octanol–water partition coefficient (Wildman–Crippen LogP) is 33.4. The van der Waals surface area contributed by atoms with Crippen molar-refractivity contribution in [1.29, 1.82) is 10.5 Å². The highest BCUT2D eigenvalue weighted by atomic mass is 15.1. The van der Waals surface area contributed by atoms with Crippen LogP contribution in [0.2, 0.25) is 0 Å². The Balaban J connectivity index is 0.612. The summed E-state index contributed by atoms with van der Waals surface area (Å²) in [5.41, 5.74) is 36.1. The van der Waals surface area contributed by atoms with Gasteiger partial charge in [-0.15, -0.1) is 0 Å². The van der Waals surface area contributed by atoms with Gasteiger partial charge in [0, 0.05) is 33.4 Å². The molecule has 12 bridgehead atoms. The topological polar surface area (TPSA) is 105 Å². The van der Waals surface area contributed by atoms with Crippen molar-refractivity contribution in [3.8, 4) is 97.1 Å². The highest BCUT2D eigenvalue weighted by Gasteiger charge is 2.27. The van der Waals surface area contributed by atoms with Crippen molar-refractivity contribution in [3.63, 3.8) is 0 Å². The maximum absolute atomic E-state index is 10.1. The van der Waals surface area contributed by atoms with Gasteiger partial charge in [0.15, 0.2) is 5.69 Å². The number of hydrogen-bond donors (Lipinski definition) is 0. The average Bonchev–Trinajstić information content (AvgIpc) is 1.62. The molecule has 3 aromatic heterocycles. The zero-order valence-corrected chi connectivity index (χ0v) is 81.0. The lowest BCUT2D eigenvalue weighted by molar-refractivity contribution is 0.609. The molecule has 0 atom stereocenters. The number of fused-ring (bicyclic) bond motifs is 12. The number of aryl methyl sites for hydroxylation is 15. The first-order valence-electron chi connectivity index (χ1n) is 51.6. The number of benzene rings is 12. The van der Waals surface area contributed by atoms with E-state index in [2.05, 4.69) is 288 Å². The number of rotatable bonds is 9. The second-order valence-electron chi connectivity index (χ2n) is 38.5. The third-order valence-corrected chi connectivity index (χ3v) is 28.5. The Morgan fingerprint density at radius 3 is 0.728 bits per heavy atom. The standard InChI is InChI=1S/C127H137N9/c1-95-48-33-36-81-116(95)134-119(92-131-125(134)112-77-42-63-104(87-112)90-128)122-106-65-27-13-5-9-21-51-98-57-39-59-100(84-98)53-23-11-7-15-29-67-108-73-45-75-110(123(108)120-93-132-126(113-78-43-64-105(88-113)91-129)135(120)117-82-37-34-49-96(117)2)69-31-19-17-25-55-102-61-41-62-103(86-102)56-26-18-20-32-70-111-76-46-74-109(124(111)121-94-133-127(114-79-47-80-115(89-114)130-4)136(121)118-83-38-35-50-97(118)3)68-30-16-8-12-24-54-101-60-40-58-99(85-101)52-22-10-6-14-28-66-107(122)72-44-71-106/h33-50,57-64,71-89,92-94H,5-32,51-56,65-70H2,1-3H3. The van der Waals surface area contributed by atoms with Crippen LogP contribution < -0.4 is 0 Å². The van der Waals surface area contributed by atoms with Gasteiger partial charge in [0.05, 0.1) is 82.6 Å². The van der Waals surface area contributed by atoms with Gasteiger partial charge in [-0.1, -0.05) is 327 Å². The first-order chi connectivity index (χ1) is 67.1. The van der Waals surface area contributed by atoms with Gasteiger partial charge in [0.1, 0.15) is 17.5 Å². The molecule has 0 N–H and O–H groups in total. The number of hydrogen-bond acceptors (Lipinski definition) is 5. The normalized spacial score (nSPS) is 15.0. The van der Waals surface area contributed by atoms with E-state index in [1.807, 2.05) is 54.6 Å². The molecule has 690 valence electrons. The van der Waals surface area contributed by atoms with Gasteiger partial charge in [-0.2, -0.15) is 10.5 Å². The zero-order chi connectivity index (χ0) is 93.3. The minimum Gasteiger partial charge on any atom is -0.292 e. The van der Waals surface area contributed by atoms with Crippen molar-refractivity contribution in [2.24, 2.45) is 0 Å². The molecule has 0 spiro atoms. The Bertz CT molecular complexity index is 6260. The molecular weight excluding hydrogens is 1650 g/mol. The fraction of sp³-hybridized carbons (Fsp3) is 0.339. The molecule has 1 aliphatic carbocycles. The van der Waals surface area contributed by atoms with Crippen LogP contribution in [-0.4, -0.2) is 28.7 Å². The first kappa shape index (κ1) is 95.9. The van der Waals surface area contributed by atoms with E-state index in [4.69, 9.17) is 21.5 Å². The maximum atomic E-state index is 10.1. The lowest BCUT2D eigenvalue weighted by Crippen LogP contribution is -2.06. The summed E-state index contributed by atoms with van der Waals surface area (Å²) in [6.07, 6.45) is 52.3. The van der Waals surface area contributed by atoms with E-state index in [9.17, 15) is 10.5 Å². The first-order valence-corrected chi connectivity index (χ1v) is 51.6. The van der Waals surface area contributed by atoms with Crippen LogP contribution in [0, 0.1) is 50.0 Å². The van der Waals surface area contributed by atoms with Crippen molar-refractivity contribution in [2.75, 3.05) is 0 Å². The number of para-hydroxylation sites is 3. The minimum atomic E-state index is 0.616. The maximum Gasteiger partial charge on any atom is 0.187 e. The molecule has 9 nitrogen and oxygen atoms in total. The van der Waals surface area contributed by atoms with Gasteiger partial charge in [0.2, 0.25) is 0 Å². The molecule has 0 aliphatic heterocycles. The number of nitriles is 2. The summed E-state index contributed by atoms with van der Waals surface area (Å²) in [7, 11) is 0. The third kappa shape index (κ3) is 25.5. The van der Waals surface area contributed by atoms with E-state index < -0.39 is 0 Å². The van der Waals surface area contributed by atoms with Gasteiger partial charge < -0.3 is 0 Å². The van der Waals surface area contributed by atoms with E-state index in [-0.39, 0.29) is 0 Å². The molecule has 0 amide bonds. The van der Waals surface area contributed by atoms with E-state index in [0.717, 1.165) is 184 Å². The van der Waals surface area contributed by atoms with Crippen LogP contribution in [0.1, 0.15) is 274 Å². The Morgan fingerprint density at radius 2 is 0.471 bits per heavy atom. The van der Waals surface area contributed by atoms with Crippen molar-refractivity contribution in [1.82, 2.24) is 28.7 Å². The Morgan fingerprint density at radius 1 is 0.243 bits per heavy atom. The molecule has 12 aromatic carbocycles. The SMILES string of the molecule is [C-]#[N+]c1cccc(-c2ncc(-c3c4cccc3CCCCCCc3cccc(c3)CCCCCCc3cccc(c3-c3cnc(-c5cccc(C#N)c5)n3-c3ccccc3C)CCCCCCCc3cccc(c3)CCCCCCCc3cccc(c3-c3cnc(-c5cccc(C#N)c5)n3-c3ccccc3C)CCCCCCCc3cccc(c3)CCCCCCC4)n2-c2ccccc2C)c1. The lowest BCUT2D eigenvalue weighted by atomic mass is 9.91. The molecule has 0 radical (unpaired) electrons. The zero-order valence-electron chi connectivity index (χ0n) is 81.0. The molecular formula is C127H137N9. The van der Waals surface area contributed by atoms with Crippen LogP contribution in [-0.2, 0) is 77.0 Å². The van der Waals surface area contributed by atoms with Crippen LogP contribution >= 0.6 is 0 Å². The lowest BCUT2D eigenvalue weighted by Gasteiger charge is -2.20. The molecule has 0 unspecified atom stereocenters. The quantitative estimate of drug-likeness (QED) is 0.134. The molecule has 0 fully saturated rings. The monoisotopic (exact) mass is 1790 g/mol. The second-order valence-corrected chi connectivity index (χ2v) is 38.5. The summed E-state index contributed by atoms with van der Waals surface area (Å²) in [6, 6.07) is 104. The van der Waals surface area contributed by atoms with Crippen molar-refractivity contribution >= 4 is 5.69 Å². The number of aromatic nitrogens is 6. The van der Waals surface area contributed by atoms with Gasteiger partial charge in [-0.3, -0.25) is 13.7 Å². The minimum absolute atomic E-state index is 0.616. The molecule has 0 saturated heterocycles. The van der Waals surface area contributed by atoms with Crippen molar-refractivity contribution in [2.45, 2.75) is 278 Å². The Hall–Kier alpha value is -13.3. The van der Waals surface area contributed by atoms with Gasteiger partial charge in [0.25, 0.3) is 0 Å². The summed E-state index contributed by atoms with van der Waals surface area (Å²) in [4.78, 5) is 19.7. The Labute approximate surface area is 811 Å².